The lowest BCUT2D eigenvalue weighted by Crippen LogP contribution is -2.30. The average molecular weight is 245 g/mol. The molecule has 18 heavy (non-hydrogen) atoms. The van der Waals surface area contributed by atoms with Gasteiger partial charge in [0.25, 0.3) is 5.78 Å². The zero-order valence-electron chi connectivity index (χ0n) is 11.4. The molecule has 3 heterocycles. The molecule has 2 aromatic rings. The Labute approximate surface area is 107 Å². The van der Waals surface area contributed by atoms with E-state index in [1.54, 1.807) is 6.33 Å². The summed E-state index contributed by atoms with van der Waals surface area (Å²) < 4.78 is 1.84. The third kappa shape index (κ3) is 1.74. The summed E-state index contributed by atoms with van der Waals surface area (Å²) in [6.45, 7) is 9.95. The van der Waals surface area contributed by atoms with Gasteiger partial charge in [0.05, 0.1) is 0 Å². The molecular formula is C13H19N5. The van der Waals surface area contributed by atoms with E-state index in [9.17, 15) is 0 Å². The number of hydrogen-bond donors (Lipinski definition) is 0. The van der Waals surface area contributed by atoms with Crippen molar-refractivity contribution in [3.63, 3.8) is 0 Å². The molecule has 96 valence electrons. The Morgan fingerprint density at radius 2 is 2.17 bits per heavy atom. The van der Waals surface area contributed by atoms with Crippen LogP contribution in [-0.4, -0.2) is 32.2 Å². The first-order chi connectivity index (χ1) is 8.46. The van der Waals surface area contributed by atoms with Crippen LogP contribution in [0.25, 0.3) is 5.78 Å². The van der Waals surface area contributed by atoms with Crippen molar-refractivity contribution in [2.24, 2.45) is 5.41 Å². The SMILES string of the molecule is Cc1cc(N2CC(C)(C)CC2C)n2ncnc2n1. The fourth-order valence-electron chi connectivity index (χ4n) is 3.01. The van der Waals surface area contributed by atoms with Gasteiger partial charge < -0.3 is 4.90 Å². The van der Waals surface area contributed by atoms with Gasteiger partial charge in [-0.1, -0.05) is 13.8 Å². The average Bonchev–Trinajstić information content (AvgIpc) is 2.81. The van der Waals surface area contributed by atoms with Gasteiger partial charge in [-0.15, -0.1) is 0 Å². The highest BCUT2D eigenvalue weighted by molar-refractivity contribution is 5.49. The number of anilines is 1. The van der Waals surface area contributed by atoms with E-state index in [0.717, 1.165) is 18.1 Å². The minimum Gasteiger partial charge on any atom is -0.353 e. The Bertz CT molecular complexity index is 586. The monoisotopic (exact) mass is 245 g/mol. The maximum Gasteiger partial charge on any atom is 0.254 e. The number of aryl methyl sites for hydroxylation is 1. The standard InChI is InChI=1S/C13H19N5/c1-9-5-11(18-12(16-9)14-8-15-18)17-7-13(3,4)6-10(17)2/h5,8,10H,6-7H2,1-4H3. The molecule has 1 aliphatic rings. The second-order valence-corrected chi connectivity index (χ2v) is 6.07. The van der Waals surface area contributed by atoms with Crippen molar-refractivity contribution in [1.82, 2.24) is 19.6 Å². The van der Waals surface area contributed by atoms with E-state index in [1.807, 2.05) is 11.4 Å². The van der Waals surface area contributed by atoms with Gasteiger partial charge in [-0.05, 0) is 25.7 Å². The molecule has 5 heteroatoms. The van der Waals surface area contributed by atoms with E-state index in [2.05, 4.69) is 46.8 Å². The van der Waals surface area contributed by atoms with Gasteiger partial charge in [0.1, 0.15) is 12.1 Å². The van der Waals surface area contributed by atoms with Gasteiger partial charge in [-0.3, -0.25) is 0 Å². The minimum atomic E-state index is 0.351. The zero-order chi connectivity index (χ0) is 12.9. The predicted octanol–water partition coefficient (Wildman–Crippen LogP) is 2.06. The van der Waals surface area contributed by atoms with Crippen molar-refractivity contribution in [3.05, 3.63) is 18.1 Å². The van der Waals surface area contributed by atoms with Crippen LogP contribution in [0.15, 0.2) is 12.4 Å². The number of aromatic nitrogens is 4. The minimum absolute atomic E-state index is 0.351. The van der Waals surface area contributed by atoms with Crippen molar-refractivity contribution in [2.75, 3.05) is 11.4 Å². The summed E-state index contributed by atoms with van der Waals surface area (Å²) in [5.74, 6) is 1.79. The van der Waals surface area contributed by atoms with Crippen LogP contribution in [0, 0.1) is 12.3 Å². The normalized spacial score (nSPS) is 22.9. The number of rotatable bonds is 1. The highest BCUT2D eigenvalue weighted by atomic mass is 15.4. The van der Waals surface area contributed by atoms with E-state index in [4.69, 9.17) is 0 Å². The smallest absolute Gasteiger partial charge is 0.254 e. The zero-order valence-corrected chi connectivity index (χ0v) is 11.4. The van der Waals surface area contributed by atoms with Crippen LogP contribution in [0.2, 0.25) is 0 Å². The molecule has 1 aliphatic heterocycles. The Balaban J connectivity index is 2.12. The third-order valence-corrected chi connectivity index (χ3v) is 3.63. The van der Waals surface area contributed by atoms with E-state index in [-0.39, 0.29) is 0 Å². The van der Waals surface area contributed by atoms with E-state index in [0.29, 0.717) is 17.2 Å². The Hall–Kier alpha value is -1.65. The topological polar surface area (TPSA) is 46.3 Å². The fraction of sp³-hybridized carbons (Fsp3) is 0.615. The molecule has 5 nitrogen and oxygen atoms in total. The summed E-state index contributed by atoms with van der Waals surface area (Å²) in [5, 5.41) is 4.29. The van der Waals surface area contributed by atoms with Crippen molar-refractivity contribution in [1.29, 1.82) is 0 Å². The molecule has 1 fully saturated rings. The first-order valence-corrected chi connectivity index (χ1v) is 6.40. The Morgan fingerprint density at radius 1 is 1.39 bits per heavy atom. The van der Waals surface area contributed by atoms with E-state index in [1.165, 1.54) is 6.42 Å². The van der Waals surface area contributed by atoms with Crippen LogP contribution in [0.3, 0.4) is 0 Å². The van der Waals surface area contributed by atoms with Crippen LogP contribution in [0.4, 0.5) is 5.82 Å². The van der Waals surface area contributed by atoms with Crippen LogP contribution in [-0.2, 0) is 0 Å². The third-order valence-electron chi connectivity index (χ3n) is 3.63. The van der Waals surface area contributed by atoms with Crippen LogP contribution in [0.5, 0.6) is 0 Å². The van der Waals surface area contributed by atoms with Crippen LogP contribution in [0.1, 0.15) is 32.9 Å². The van der Waals surface area contributed by atoms with Gasteiger partial charge in [0.15, 0.2) is 0 Å². The Kier molecular flexibility index (Phi) is 2.33. The molecule has 0 bridgehead atoms. The molecule has 0 amide bonds. The molecule has 0 radical (unpaired) electrons. The molecule has 1 saturated heterocycles. The van der Waals surface area contributed by atoms with Crippen molar-refractivity contribution in [2.45, 2.75) is 40.2 Å². The largest absolute Gasteiger partial charge is 0.353 e. The molecule has 0 aliphatic carbocycles. The maximum atomic E-state index is 4.39. The van der Waals surface area contributed by atoms with Crippen molar-refractivity contribution in [3.8, 4) is 0 Å². The highest BCUT2D eigenvalue weighted by Gasteiger charge is 2.36. The number of hydrogen-bond acceptors (Lipinski definition) is 4. The maximum absolute atomic E-state index is 4.39. The summed E-state index contributed by atoms with van der Waals surface area (Å²) in [4.78, 5) is 11.0. The summed E-state index contributed by atoms with van der Waals surface area (Å²) in [7, 11) is 0. The quantitative estimate of drug-likeness (QED) is 0.771. The van der Waals surface area contributed by atoms with Crippen LogP contribution < -0.4 is 4.90 Å². The van der Waals surface area contributed by atoms with Gasteiger partial charge >= 0.3 is 0 Å². The van der Waals surface area contributed by atoms with Crippen molar-refractivity contribution < 1.29 is 0 Å². The number of nitrogens with zero attached hydrogens (tertiary/aromatic N) is 5. The van der Waals surface area contributed by atoms with Crippen molar-refractivity contribution >= 4 is 11.6 Å². The molecule has 3 rings (SSSR count). The summed E-state index contributed by atoms with van der Waals surface area (Å²) in [6, 6.07) is 2.62. The molecule has 0 aromatic carbocycles. The van der Waals surface area contributed by atoms with E-state index < -0.39 is 0 Å². The first-order valence-electron chi connectivity index (χ1n) is 6.40. The summed E-state index contributed by atoms with van der Waals surface area (Å²) >= 11 is 0. The molecular weight excluding hydrogens is 226 g/mol. The molecule has 1 atom stereocenters. The predicted molar refractivity (Wildman–Crippen MR) is 70.7 cm³/mol. The molecule has 0 N–H and O–H groups in total. The first kappa shape index (κ1) is 11.4. The highest BCUT2D eigenvalue weighted by Crippen LogP contribution is 2.36. The lowest BCUT2D eigenvalue weighted by atomic mass is 9.91. The van der Waals surface area contributed by atoms with Gasteiger partial charge in [-0.2, -0.15) is 14.6 Å². The van der Waals surface area contributed by atoms with Gasteiger partial charge in [-0.25, -0.2) is 4.98 Å². The lowest BCUT2D eigenvalue weighted by molar-refractivity contribution is 0.406. The van der Waals surface area contributed by atoms with Gasteiger partial charge in [0, 0.05) is 24.3 Å². The summed E-state index contributed by atoms with van der Waals surface area (Å²) in [5.41, 5.74) is 1.34. The lowest BCUT2D eigenvalue weighted by Gasteiger charge is -2.25. The second-order valence-electron chi connectivity index (χ2n) is 6.07. The number of fused-ring (bicyclic) bond motifs is 1. The molecule has 2 aromatic heterocycles. The molecule has 0 saturated carbocycles. The fourth-order valence-corrected chi connectivity index (χ4v) is 3.01. The molecule has 1 unspecified atom stereocenters. The van der Waals surface area contributed by atoms with E-state index >= 15 is 0 Å². The summed E-state index contributed by atoms with van der Waals surface area (Å²) in [6.07, 6.45) is 2.77. The Morgan fingerprint density at radius 3 is 2.83 bits per heavy atom. The molecule has 0 spiro atoms. The van der Waals surface area contributed by atoms with Crippen LogP contribution >= 0.6 is 0 Å². The second kappa shape index (κ2) is 3.67. The van der Waals surface area contributed by atoms with Gasteiger partial charge in [0.2, 0.25) is 0 Å².